The highest BCUT2D eigenvalue weighted by Crippen LogP contribution is 2.35. The highest BCUT2D eigenvalue weighted by atomic mass is 15.0. The van der Waals surface area contributed by atoms with Crippen molar-refractivity contribution in [3.8, 4) is 0 Å². The summed E-state index contributed by atoms with van der Waals surface area (Å²) in [6.45, 7) is 1.10. The second kappa shape index (κ2) is 3.97. The SMILES string of the molecule is c1nc2c([nH]1)CCNC2CCCC1CC1. The van der Waals surface area contributed by atoms with Crippen LogP contribution in [0, 0.1) is 5.92 Å². The molecule has 2 aliphatic rings. The van der Waals surface area contributed by atoms with Gasteiger partial charge < -0.3 is 10.3 Å². The number of hydrogen-bond acceptors (Lipinski definition) is 2. The fraction of sp³-hybridized carbons (Fsp3) is 0.750. The molecule has 3 rings (SSSR count). The summed E-state index contributed by atoms with van der Waals surface area (Å²) in [5, 5.41) is 3.57. The average molecular weight is 205 g/mol. The molecule has 1 aliphatic carbocycles. The van der Waals surface area contributed by atoms with Gasteiger partial charge in [0.1, 0.15) is 0 Å². The van der Waals surface area contributed by atoms with Crippen molar-refractivity contribution in [3.05, 3.63) is 17.7 Å². The zero-order chi connectivity index (χ0) is 10.1. The van der Waals surface area contributed by atoms with Crippen LogP contribution in [0.15, 0.2) is 6.33 Å². The van der Waals surface area contributed by atoms with Crippen molar-refractivity contribution in [2.24, 2.45) is 5.92 Å². The minimum absolute atomic E-state index is 0.513. The Morgan fingerprint density at radius 3 is 3.13 bits per heavy atom. The third kappa shape index (κ3) is 2.07. The molecule has 0 radical (unpaired) electrons. The van der Waals surface area contributed by atoms with E-state index in [4.69, 9.17) is 0 Å². The maximum Gasteiger partial charge on any atom is 0.0925 e. The van der Waals surface area contributed by atoms with Crippen LogP contribution in [-0.4, -0.2) is 16.5 Å². The van der Waals surface area contributed by atoms with E-state index in [1.807, 2.05) is 6.33 Å². The molecule has 0 aromatic carbocycles. The van der Waals surface area contributed by atoms with Gasteiger partial charge in [0.15, 0.2) is 0 Å². The van der Waals surface area contributed by atoms with E-state index in [0.717, 1.165) is 18.9 Å². The highest BCUT2D eigenvalue weighted by Gasteiger charge is 2.24. The third-order valence-electron chi connectivity index (χ3n) is 3.65. The Kier molecular flexibility index (Phi) is 2.49. The van der Waals surface area contributed by atoms with Crippen LogP contribution in [0.5, 0.6) is 0 Å². The molecular weight excluding hydrogens is 186 g/mol. The predicted molar refractivity (Wildman–Crippen MR) is 59.6 cm³/mol. The minimum atomic E-state index is 0.513. The van der Waals surface area contributed by atoms with Crippen molar-refractivity contribution >= 4 is 0 Å². The molecule has 2 N–H and O–H groups in total. The van der Waals surface area contributed by atoms with Gasteiger partial charge in [0.2, 0.25) is 0 Å². The van der Waals surface area contributed by atoms with Gasteiger partial charge in [0, 0.05) is 18.7 Å². The highest BCUT2D eigenvalue weighted by molar-refractivity contribution is 5.18. The van der Waals surface area contributed by atoms with Crippen LogP contribution >= 0.6 is 0 Å². The van der Waals surface area contributed by atoms with Gasteiger partial charge >= 0.3 is 0 Å². The molecule has 1 saturated carbocycles. The topological polar surface area (TPSA) is 40.7 Å². The lowest BCUT2D eigenvalue weighted by Gasteiger charge is -2.22. The molecule has 1 aromatic rings. The zero-order valence-electron chi connectivity index (χ0n) is 9.13. The van der Waals surface area contributed by atoms with Crippen LogP contribution in [0.2, 0.25) is 0 Å². The smallest absolute Gasteiger partial charge is 0.0925 e. The summed E-state index contributed by atoms with van der Waals surface area (Å²) < 4.78 is 0. The summed E-state index contributed by atoms with van der Waals surface area (Å²) in [5.74, 6) is 1.06. The zero-order valence-corrected chi connectivity index (χ0v) is 9.13. The van der Waals surface area contributed by atoms with Crippen LogP contribution in [-0.2, 0) is 6.42 Å². The summed E-state index contributed by atoms with van der Waals surface area (Å²) in [5.41, 5.74) is 2.63. The second-order valence-electron chi connectivity index (χ2n) is 4.90. The second-order valence-corrected chi connectivity index (χ2v) is 4.90. The van der Waals surface area contributed by atoms with E-state index in [2.05, 4.69) is 15.3 Å². The molecule has 0 amide bonds. The van der Waals surface area contributed by atoms with Gasteiger partial charge in [-0.05, 0) is 12.3 Å². The first kappa shape index (κ1) is 9.40. The van der Waals surface area contributed by atoms with E-state index in [1.54, 1.807) is 0 Å². The van der Waals surface area contributed by atoms with Crippen LogP contribution in [0.3, 0.4) is 0 Å². The van der Waals surface area contributed by atoms with Gasteiger partial charge in [0.25, 0.3) is 0 Å². The van der Waals surface area contributed by atoms with Crippen LogP contribution < -0.4 is 5.32 Å². The van der Waals surface area contributed by atoms with Gasteiger partial charge in [-0.3, -0.25) is 0 Å². The van der Waals surface area contributed by atoms with E-state index in [9.17, 15) is 0 Å². The number of nitrogens with zero attached hydrogens (tertiary/aromatic N) is 1. The largest absolute Gasteiger partial charge is 0.348 e. The Labute approximate surface area is 90.7 Å². The molecule has 0 saturated heterocycles. The molecule has 1 aromatic heterocycles. The van der Waals surface area contributed by atoms with Crippen molar-refractivity contribution in [2.45, 2.75) is 44.6 Å². The molecule has 1 fully saturated rings. The van der Waals surface area contributed by atoms with Gasteiger partial charge in [-0.2, -0.15) is 0 Å². The molecule has 82 valence electrons. The van der Waals surface area contributed by atoms with Gasteiger partial charge in [-0.1, -0.05) is 25.7 Å². The molecule has 3 nitrogen and oxygen atoms in total. The van der Waals surface area contributed by atoms with Crippen molar-refractivity contribution in [1.82, 2.24) is 15.3 Å². The first-order chi connectivity index (χ1) is 7.43. The molecule has 1 aliphatic heterocycles. The van der Waals surface area contributed by atoms with Crippen molar-refractivity contribution in [1.29, 1.82) is 0 Å². The number of aromatic nitrogens is 2. The molecule has 2 heterocycles. The maximum atomic E-state index is 4.43. The molecule has 1 unspecified atom stereocenters. The Balaban J connectivity index is 1.57. The molecule has 15 heavy (non-hydrogen) atoms. The van der Waals surface area contributed by atoms with Crippen molar-refractivity contribution in [2.75, 3.05) is 6.54 Å². The number of rotatable bonds is 4. The molecular formula is C12H19N3. The van der Waals surface area contributed by atoms with Gasteiger partial charge in [-0.25, -0.2) is 4.98 Å². The molecule has 0 spiro atoms. The van der Waals surface area contributed by atoms with E-state index in [-0.39, 0.29) is 0 Å². The first-order valence-electron chi connectivity index (χ1n) is 6.19. The molecule has 3 heteroatoms. The molecule has 0 bridgehead atoms. The van der Waals surface area contributed by atoms with Gasteiger partial charge in [0.05, 0.1) is 18.1 Å². The maximum absolute atomic E-state index is 4.43. The quantitative estimate of drug-likeness (QED) is 0.791. The average Bonchev–Trinajstić information content (AvgIpc) is 2.95. The van der Waals surface area contributed by atoms with E-state index < -0.39 is 0 Å². The number of H-pyrrole nitrogens is 1. The third-order valence-corrected chi connectivity index (χ3v) is 3.65. The lowest BCUT2D eigenvalue weighted by Crippen LogP contribution is -2.29. The monoisotopic (exact) mass is 205 g/mol. The first-order valence-corrected chi connectivity index (χ1v) is 6.19. The number of nitrogens with one attached hydrogen (secondary N) is 2. The van der Waals surface area contributed by atoms with Crippen LogP contribution in [0.1, 0.15) is 49.5 Å². The Hall–Kier alpha value is -0.830. The summed E-state index contributed by atoms with van der Waals surface area (Å²) in [4.78, 5) is 7.68. The summed E-state index contributed by atoms with van der Waals surface area (Å²) >= 11 is 0. The van der Waals surface area contributed by atoms with Gasteiger partial charge in [-0.15, -0.1) is 0 Å². The number of aromatic amines is 1. The summed E-state index contributed by atoms with van der Waals surface area (Å²) in [7, 11) is 0. The van der Waals surface area contributed by atoms with E-state index >= 15 is 0 Å². The lowest BCUT2D eigenvalue weighted by molar-refractivity contribution is 0.440. The summed E-state index contributed by atoms with van der Waals surface area (Å²) in [6.07, 6.45) is 9.94. The number of fused-ring (bicyclic) bond motifs is 1. The number of imidazole rings is 1. The fourth-order valence-corrected chi connectivity index (χ4v) is 2.56. The van der Waals surface area contributed by atoms with Crippen molar-refractivity contribution < 1.29 is 0 Å². The van der Waals surface area contributed by atoms with E-state index in [0.29, 0.717) is 6.04 Å². The predicted octanol–water partition coefficient (Wildman–Crippen LogP) is 2.18. The number of hydrogen-bond donors (Lipinski definition) is 2. The van der Waals surface area contributed by atoms with E-state index in [1.165, 1.54) is 43.5 Å². The van der Waals surface area contributed by atoms with Crippen molar-refractivity contribution in [3.63, 3.8) is 0 Å². The minimum Gasteiger partial charge on any atom is -0.348 e. The lowest BCUT2D eigenvalue weighted by atomic mass is 9.99. The Morgan fingerprint density at radius 1 is 1.33 bits per heavy atom. The fourth-order valence-electron chi connectivity index (χ4n) is 2.56. The van der Waals surface area contributed by atoms with Crippen LogP contribution in [0.4, 0.5) is 0 Å². The normalized spacial score (nSPS) is 25.2. The standard InChI is InChI=1S/C12H19N3/c1(2-9-4-5-9)3-10-12-11(6-7-13-10)14-8-15-12/h8-10,13H,1-7H2,(H,14,15). The summed E-state index contributed by atoms with van der Waals surface area (Å²) in [6, 6.07) is 0.513. The Morgan fingerprint density at radius 2 is 2.27 bits per heavy atom. The Bertz CT molecular complexity index is 327. The molecule has 1 atom stereocenters. The van der Waals surface area contributed by atoms with Crippen LogP contribution in [0.25, 0.3) is 0 Å².